The van der Waals surface area contributed by atoms with Crippen LogP contribution in [-0.2, 0) is 47.7 Å². The van der Waals surface area contributed by atoms with Gasteiger partial charge < -0.3 is 60.3 Å². The Morgan fingerprint density at radius 2 is 1.56 bits per heavy atom. The first-order valence-corrected chi connectivity index (χ1v) is 23.3. The Balaban J connectivity index is 1.07. The lowest BCUT2D eigenvalue weighted by molar-refractivity contribution is -0.645. The summed E-state index contributed by atoms with van der Waals surface area (Å²) in [6, 6.07) is 14.6. The van der Waals surface area contributed by atoms with E-state index in [1.807, 2.05) is 50.1 Å². The SMILES string of the molecule is CN(C)c1ccc2cc3ccc(N(C)C)cc3[n+](CCCC(=O)NCCNC(=O)O[C@@H]3[C@H](O)[C@@H](COP(=O)(O)OP(=O)(O)OP(=O)(O)O)O[C@H]3n3cnc4c(=O)[nH]c(N)nc43)c2c1. The normalized spacial score (nSPS) is 19.8. The van der Waals surface area contributed by atoms with Crippen molar-refractivity contribution >= 4 is 85.8 Å². The van der Waals surface area contributed by atoms with Gasteiger partial charge in [-0.25, -0.2) is 23.5 Å². The number of carbonyl (C=O) groups is 2. The van der Waals surface area contributed by atoms with Gasteiger partial charge in [-0.05, 0) is 30.3 Å². The van der Waals surface area contributed by atoms with Gasteiger partial charge in [-0.2, -0.15) is 18.2 Å². The highest BCUT2D eigenvalue weighted by Crippen LogP contribution is 2.66. The Labute approximate surface area is 357 Å². The molecule has 4 heterocycles. The van der Waals surface area contributed by atoms with Gasteiger partial charge in [0.15, 0.2) is 23.5 Å². The number of fused-ring (bicyclic) bond motifs is 3. The number of benzene rings is 2. The highest BCUT2D eigenvalue weighted by Gasteiger charge is 2.50. The number of aliphatic hydroxyl groups excluding tert-OH is 1. The topological polar surface area (TPSA) is 357 Å². The Hall–Kier alpha value is -5.07. The maximum absolute atomic E-state index is 13.0. The van der Waals surface area contributed by atoms with E-state index in [2.05, 4.69) is 73.6 Å². The van der Waals surface area contributed by atoms with Crippen LogP contribution in [0.4, 0.5) is 22.1 Å². The monoisotopic (exact) mass is 943 g/mol. The predicted molar refractivity (Wildman–Crippen MR) is 223 cm³/mol. The molecular weight excluding hydrogens is 897 g/mol. The van der Waals surface area contributed by atoms with Crippen LogP contribution >= 0.6 is 23.5 Å². The third-order valence-corrected chi connectivity index (χ3v) is 13.4. The third-order valence-electron chi connectivity index (χ3n) is 9.55. The van der Waals surface area contributed by atoms with E-state index in [1.165, 1.54) is 0 Å². The van der Waals surface area contributed by atoms with Gasteiger partial charge >= 0.3 is 29.6 Å². The van der Waals surface area contributed by atoms with Crippen LogP contribution in [-0.4, -0.2) is 122 Å². The summed E-state index contributed by atoms with van der Waals surface area (Å²) < 4.78 is 61.6. The lowest BCUT2D eigenvalue weighted by atomic mass is 10.1. The van der Waals surface area contributed by atoms with Crippen LogP contribution < -0.4 is 36.3 Å². The van der Waals surface area contributed by atoms with E-state index < -0.39 is 66.3 Å². The fraction of sp³-hybridized carbons (Fsp3) is 0.412. The summed E-state index contributed by atoms with van der Waals surface area (Å²) in [5.41, 5.74) is 8.57. The number of aliphatic hydroxyl groups is 1. The molecule has 342 valence electrons. The lowest BCUT2D eigenvalue weighted by Crippen LogP contribution is -2.41. The first kappa shape index (κ1) is 47.4. The highest BCUT2D eigenvalue weighted by atomic mass is 31.3. The second kappa shape index (κ2) is 19.0. The van der Waals surface area contributed by atoms with Gasteiger partial charge in [0, 0.05) is 88.4 Å². The maximum atomic E-state index is 13.0. The van der Waals surface area contributed by atoms with Crippen molar-refractivity contribution in [2.45, 2.75) is 43.9 Å². The largest absolute Gasteiger partial charge is 0.490 e. The van der Waals surface area contributed by atoms with Crippen LogP contribution in [0.15, 0.2) is 53.6 Å². The molecular formula is C34H46N10O16P3+. The first-order valence-electron chi connectivity index (χ1n) is 18.8. The number of nitrogens with two attached hydrogens (primary N) is 1. The van der Waals surface area contributed by atoms with Crippen molar-refractivity contribution < 1.29 is 75.2 Å². The van der Waals surface area contributed by atoms with E-state index in [0.717, 1.165) is 44.1 Å². The summed E-state index contributed by atoms with van der Waals surface area (Å²) in [6.07, 6.45) is -6.29. The highest BCUT2D eigenvalue weighted by molar-refractivity contribution is 7.66. The van der Waals surface area contributed by atoms with Crippen LogP contribution in [0, 0.1) is 0 Å². The van der Waals surface area contributed by atoms with Crippen molar-refractivity contribution in [2.24, 2.45) is 0 Å². The minimum atomic E-state index is -5.87. The second-order valence-electron chi connectivity index (χ2n) is 14.5. The van der Waals surface area contributed by atoms with Gasteiger partial charge in [-0.15, -0.1) is 0 Å². The molecule has 1 aliphatic rings. The molecule has 0 saturated carbocycles. The van der Waals surface area contributed by atoms with Crippen molar-refractivity contribution in [3.8, 4) is 0 Å². The summed E-state index contributed by atoms with van der Waals surface area (Å²) in [4.78, 5) is 89.6. The molecule has 2 aromatic carbocycles. The standard InChI is InChI=1S/C34H45N10O16P3/c1-41(2)21-9-7-19-14-20-8-10-22(42(3)4)16-24(20)43(23(19)15-21)13-5-6-26(45)36-11-12-37-34(48)58-29-28(46)25(17-56-62(52,53)60-63(54,55)59-61(49,50)51)57-32(29)44-18-38-27-30(44)39-33(35)40-31(27)47/h7-10,14-16,18,25,28-29,32,46H,5-6,11-13,17H2,1-4H3,(H8-,35,36,37,39,40,45,47,48,49,50,51,52,53,54,55)/p+1/t25-,28-,29-,32-/m1/s1. The Morgan fingerprint density at radius 1 is 0.937 bits per heavy atom. The number of hydrogen-bond acceptors (Lipinski definition) is 17. The van der Waals surface area contributed by atoms with Gasteiger partial charge in [0.05, 0.1) is 12.9 Å². The molecule has 29 heteroatoms. The van der Waals surface area contributed by atoms with Gasteiger partial charge in [0.25, 0.3) is 5.56 Å². The number of imidazole rings is 1. The number of nitrogens with zero attached hydrogens (tertiary/aromatic N) is 6. The molecule has 26 nitrogen and oxygen atoms in total. The van der Waals surface area contributed by atoms with Crippen molar-refractivity contribution in [1.82, 2.24) is 30.2 Å². The van der Waals surface area contributed by atoms with E-state index in [4.69, 9.17) is 25.0 Å². The summed E-state index contributed by atoms with van der Waals surface area (Å²) in [6.45, 7) is -0.762. The summed E-state index contributed by atoms with van der Waals surface area (Å²) >= 11 is 0. The Bertz CT molecular complexity index is 2660. The average molecular weight is 944 g/mol. The zero-order chi connectivity index (χ0) is 46.0. The van der Waals surface area contributed by atoms with E-state index in [1.54, 1.807) is 0 Å². The van der Waals surface area contributed by atoms with E-state index >= 15 is 0 Å². The third kappa shape index (κ3) is 11.7. The molecule has 1 aliphatic heterocycles. The minimum absolute atomic E-state index is 0.0232. The van der Waals surface area contributed by atoms with Gasteiger partial charge in [-0.1, -0.05) is 0 Å². The van der Waals surface area contributed by atoms with Crippen LogP contribution in [0.5, 0.6) is 0 Å². The number of H-pyrrole nitrogens is 1. The number of aryl methyl sites for hydroxylation is 1. The number of pyridine rings is 1. The molecule has 0 aliphatic carbocycles. The van der Waals surface area contributed by atoms with Crippen LogP contribution in [0.3, 0.4) is 0 Å². The molecule has 0 radical (unpaired) electrons. The van der Waals surface area contributed by atoms with Crippen molar-refractivity contribution in [3.05, 3.63) is 59.1 Å². The number of phosphoric ester groups is 1. The Kier molecular flexibility index (Phi) is 14.3. The molecule has 10 N–H and O–H groups in total. The number of nitrogens with one attached hydrogen (secondary N) is 3. The van der Waals surface area contributed by atoms with Crippen molar-refractivity contribution in [3.63, 3.8) is 0 Å². The molecule has 1 fully saturated rings. The number of amides is 2. The summed E-state index contributed by atoms with van der Waals surface area (Å²) in [5.74, 6) is -0.627. The zero-order valence-electron chi connectivity index (χ0n) is 34.0. The van der Waals surface area contributed by atoms with E-state index in [9.17, 15) is 43.0 Å². The molecule has 1 saturated heterocycles. The minimum Gasteiger partial charge on any atom is -0.439 e. The predicted octanol–water partition coefficient (Wildman–Crippen LogP) is 0.721. The van der Waals surface area contributed by atoms with Gasteiger partial charge in [0.2, 0.25) is 22.9 Å². The number of carbonyl (C=O) groups excluding carboxylic acids is 2. The Morgan fingerprint density at radius 3 is 2.16 bits per heavy atom. The lowest BCUT2D eigenvalue weighted by Gasteiger charge is -2.22. The van der Waals surface area contributed by atoms with Gasteiger partial charge in [-0.3, -0.25) is 23.7 Å². The fourth-order valence-corrected chi connectivity index (χ4v) is 9.73. The number of rotatable bonds is 18. The molecule has 2 unspecified atom stereocenters. The number of ether oxygens (including phenoxy) is 2. The number of aromatic amines is 1. The number of nitrogen functional groups attached to an aromatic ring is 1. The number of aromatic nitrogens is 5. The second-order valence-corrected chi connectivity index (χ2v) is 19.0. The van der Waals surface area contributed by atoms with Crippen molar-refractivity contribution in [2.75, 3.05) is 63.4 Å². The molecule has 6 atom stereocenters. The number of phosphoric acid groups is 3. The molecule has 2 amide bonds. The molecule has 0 spiro atoms. The fourth-order valence-electron chi connectivity index (χ4n) is 6.70. The van der Waals surface area contributed by atoms with Crippen LogP contribution in [0.2, 0.25) is 0 Å². The zero-order valence-corrected chi connectivity index (χ0v) is 36.7. The van der Waals surface area contributed by atoms with E-state index in [-0.39, 0.29) is 42.5 Å². The molecule has 5 aromatic rings. The molecule has 3 aromatic heterocycles. The van der Waals surface area contributed by atoms with E-state index in [0.29, 0.717) is 13.0 Å². The van der Waals surface area contributed by atoms with Gasteiger partial charge in [0.1, 0.15) is 18.8 Å². The maximum Gasteiger partial charge on any atom is 0.490 e. The number of anilines is 3. The number of hydrogen-bond donors (Lipinski definition) is 9. The summed E-state index contributed by atoms with van der Waals surface area (Å²) in [5, 5.41) is 18.4. The average Bonchev–Trinajstić information content (AvgIpc) is 3.73. The van der Waals surface area contributed by atoms with Crippen molar-refractivity contribution in [1.29, 1.82) is 0 Å². The quantitative estimate of drug-likeness (QED) is 0.0253. The van der Waals surface area contributed by atoms with Crippen LogP contribution in [0.25, 0.3) is 33.0 Å². The molecule has 6 rings (SSSR count). The molecule has 63 heavy (non-hydrogen) atoms. The first-order chi connectivity index (χ1) is 29.5. The van der Waals surface area contributed by atoms with Crippen LogP contribution in [0.1, 0.15) is 19.1 Å². The summed E-state index contributed by atoms with van der Waals surface area (Å²) in [7, 11) is -9.35. The smallest absolute Gasteiger partial charge is 0.439 e. The molecule has 0 bridgehead atoms. The number of alkyl carbamates (subject to hydrolysis) is 1.